The number of pyridine rings is 1. The van der Waals surface area contributed by atoms with Gasteiger partial charge >= 0.3 is 0 Å². The Hall–Kier alpha value is -1.23. The van der Waals surface area contributed by atoms with Crippen LogP contribution in [0.5, 0.6) is 0 Å². The van der Waals surface area contributed by atoms with E-state index in [4.69, 9.17) is 4.42 Å². The van der Waals surface area contributed by atoms with Gasteiger partial charge in [0.1, 0.15) is 11.5 Å². The molecule has 0 amide bonds. The van der Waals surface area contributed by atoms with E-state index in [0.29, 0.717) is 16.3 Å². The highest BCUT2D eigenvalue weighted by Gasteiger charge is 2.04. The van der Waals surface area contributed by atoms with Crippen LogP contribution < -0.4 is 0 Å². The molecule has 0 saturated heterocycles. The van der Waals surface area contributed by atoms with Gasteiger partial charge in [0.15, 0.2) is 5.76 Å². The topological polar surface area (TPSA) is 38.9 Å². The first-order valence-electron chi connectivity index (χ1n) is 3.49. The van der Waals surface area contributed by atoms with Crippen LogP contribution >= 0.6 is 15.9 Å². The number of aromatic nitrogens is 2. The van der Waals surface area contributed by atoms with Gasteiger partial charge in [-0.05, 0) is 12.1 Å². The van der Waals surface area contributed by atoms with Crippen LogP contribution in [0.4, 0.5) is 4.39 Å². The molecule has 0 spiro atoms. The lowest BCUT2D eigenvalue weighted by atomic mass is 10.3. The number of rotatable bonds is 1. The van der Waals surface area contributed by atoms with E-state index in [2.05, 4.69) is 25.9 Å². The minimum Gasteiger partial charge on any atom is -0.429 e. The second-order valence-corrected chi connectivity index (χ2v) is 3.02. The van der Waals surface area contributed by atoms with Crippen LogP contribution in [0.15, 0.2) is 33.7 Å². The van der Waals surface area contributed by atoms with Gasteiger partial charge in [0.2, 0.25) is 0 Å². The molecule has 0 aliphatic rings. The lowest BCUT2D eigenvalue weighted by Crippen LogP contribution is -1.81. The van der Waals surface area contributed by atoms with Gasteiger partial charge in [0.25, 0.3) is 4.80 Å². The van der Waals surface area contributed by atoms with E-state index in [1.807, 2.05) is 0 Å². The van der Waals surface area contributed by atoms with Crippen LogP contribution in [0.3, 0.4) is 0 Å². The summed E-state index contributed by atoms with van der Waals surface area (Å²) in [6, 6.07) is 2.85. The van der Waals surface area contributed by atoms with Crippen molar-refractivity contribution in [1.82, 2.24) is 9.97 Å². The molecule has 13 heavy (non-hydrogen) atoms. The summed E-state index contributed by atoms with van der Waals surface area (Å²) in [6.07, 6.45) is 2.65. The van der Waals surface area contributed by atoms with Gasteiger partial charge < -0.3 is 4.42 Å². The molecule has 0 N–H and O–H groups in total. The van der Waals surface area contributed by atoms with E-state index in [9.17, 15) is 4.39 Å². The second kappa shape index (κ2) is 3.26. The number of hydrogen-bond donors (Lipinski definition) is 0. The van der Waals surface area contributed by atoms with Crippen LogP contribution in [-0.2, 0) is 0 Å². The molecule has 0 aliphatic carbocycles. The largest absolute Gasteiger partial charge is 0.429 e. The Balaban J connectivity index is 2.41. The van der Waals surface area contributed by atoms with Gasteiger partial charge in [-0.1, -0.05) is 0 Å². The number of nitrogens with zero attached hydrogens (tertiary/aromatic N) is 2. The molecule has 0 aromatic carbocycles. The Kier molecular flexibility index (Phi) is 2.10. The zero-order chi connectivity index (χ0) is 9.26. The summed E-state index contributed by atoms with van der Waals surface area (Å²) < 4.78 is 17.6. The summed E-state index contributed by atoms with van der Waals surface area (Å²) in [4.78, 5) is 8.05. The summed E-state index contributed by atoms with van der Waals surface area (Å²) in [6.45, 7) is 0. The molecule has 5 heteroatoms. The molecule has 2 aromatic rings. The molecule has 2 rings (SSSR count). The molecule has 0 bridgehead atoms. The quantitative estimate of drug-likeness (QED) is 0.772. The summed E-state index contributed by atoms with van der Waals surface area (Å²) in [7, 11) is 0. The smallest absolute Gasteiger partial charge is 0.264 e. The van der Waals surface area contributed by atoms with E-state index in [0.717, 1.165) is 6.20 Å². The Morgan fingerprint density at radius 3 is 2.62 bits per heavy atom. The maximum absolute atomic E-state index is 12.5. The number of oxazole rings is 1. The third-order valence-corrected chi connectivity index (χ3v) is 1.82. The molecular formula is C8H4BrFN2O. The van der Waals surface area contributed by atoms with Gasteiger partial charge in [-0.15, -0.1) is 0 Å². The van der Waals surface area contributed by atoms with Crippen molar-refractivity contribution < 1.29 is 8.81 Å². The lowest BCUT2D eigenvalue weighted by Gasteiger charge is -1.92. The molecular weight excluding hydrogens is 239 g/mol. The maximum Gasteiger partial charge on any atom is 0.264 e. The highest BCUT2D eigenvalue weighted by Crippen LogP contribution is 2.20. The molecule has 0 aliphatic heterocycles. The zero-order valence-electron chi connectivity index (χ0n) is 6.37. The third kappa shape index (κ3) is 1.75. The van der Waals surface area contributed by atoms with E-state index in [-0.39, 0.29) is 5.82 Å². The van der Waals surface area contributed by atoms with Gasteiger partial charge in [-0.3, -0.25) is 0 Å². The second-order valence-electron chi connectivity index (χ2n) is 2.34. The SMILES string of the molecule is Fc1ccc(-c2cnc(Br)o2)nc1. The van der Waals surface area contributed by atoms with E-state index >= 15 is 0 Å². The third-order valence-electron chi connectivity index (χ3n) is 1.46. The number of hydrogen-bond acceptors (Lipinski definition) is 3. The first kappa shape index (κ1) is 8.37. The molecule has 2 aromatic heterocycles. The fourth-order valence-corrected chi connectivity index (χ4v) is 1.17. The van der Waals surface area contributed by atoms with Crippen molar-refractivity contribution >= 4 is 15.9 Å². The van der Waals surface area contributed by atoms with Gasteiger partial charge in [0.05, 0.1) is 12.4 Å². The normalized spacial score (nSPS) is 10.3. The van der Waals surface area contributed by atoms with E-state index in [1.54, 1.807) is 0 Å². The molecule has 0 atom stereocenters. The Labute approximate surface area is 81.8 Å². The summed E-state index contributed by atoms with van der Waals surface area (Å²) in [5.41, 5.74) is 0.555. The molecule has 3 nitrogen and oxygen atoms in total. The Morgan fingerprint density at radius 2 is 2.08 bits per heavy atom. The highest BCUT2D eigenvalue weighted by atomic mass is 79.9. The summed E-state index contributed by atoms with van der Waals surface area (Å²) in [5.74, 6) is 0.134. The van der Waals surface area contributed by atoms with Crippen LogP contribution in [-0.4, -0.2) is 9.97 Å². The van der Waals surface area contributed by atoms with Crippen LogP contribution in [0, 0.1) is 5.82 Å². The summed E-state index contributed by atoms with van der Waals surface area (Å²) >= 11 is 3.06. The fraction of sp³-hybridized carbons (Fsp3) is 0. The van der Waals surface area contributed by atoms with Gasteiger partial charge in [-0.25, -0.2) is 14.4 Å². The molecule has 66 valence electrons. The van der Waals surface area contributed by atoms with Crippen molar-refractivity contribution in [2.24, 2.45) is 0 Å². The lowest BCUT2D eigenvalue weighted by molar-refractivity contribution is 0.540. The molecule has 2 heterocycles. The Bertz CT molecular complexity index is 412. The average Bonchev–Trinajstić information content (AvgIpc) is 2.53. The zero-order valence-corrected chi connectivity index (χ0v) is 7.95. The van der Waals surface area contributed by atoms with Crippen molar-refractivity contribution in [2.75, 3.05) is 0 Å². The van der Waals surface area contributed by atoms with Crippen LogP contribution in [0.25, 0.3) is 11.5 Å². The molecule has 0 unspecified atom stereocenters. The van der Waals surface area contributed by atoms with Gasteiger partial charge in [0, 0.05) is 15.9 Å². The number of halogens is 2. The summed E-state index contributed by atoms with van der Waals surface area (Å²) in [5, 5.41) is 0. The van der Waals surface area contributed by atoms with E-state index < -0.39 is 0 Å². The highest BCUT2D eigenvalue weighted by molar-refractivity contribution is 9.10. The standard InChI is InChI=1S/C8H4BrFN2O/c9-8-12-4-7(13-8)6-2-1-5(10)3-11-6/h1-4H. The monoisotopic (exact) mass is 242 g/mol. The predicted octanol–water partition coefficient (Wildman–Crippen LogP) is 2.64. The van der Waals surface area contributed by atoms with Crippen LogP contribution in [0.2, 0.25) is 0 Å². The first-order chi connectivity index (χ1) is 6.25. The molecule has 0 fully saturated rings. The maximum atomic E-state index is 12.5. The molecule has 0 radical (unpaired) electrons. The first-order valence-corrected chi connectivity index (χ1v) is 4.28. The van der Waals surface area contributed by atoms with E-state index in [1.165, 1.54) is 18.3 Å². The van der Waals surface area contributed by atoms with Crippen molar-refractivity contribution in [1.29, 1.82) is 0 Å². The predicted molar refractivity (Wildman–Crippen MR) is 47.4 cm³/mol. The Morgan fingerprint density at radius 1 is 1.23 bits per heavy atom. The fourth-order valence-electron chi connectivity index (χ4n) is 0.893. The van der Waals surface area contributed by atoms with Crippen molar-refractivity contribution in [3.63, 3.8) is 0 Å². The minimum absolute atomic E-state index is 0.373. The minimum atomic E-state index is -0.373. The van der Waals surface area contributed by atoms with Crippen molar-refractivity contribution in [3.8, 4) is 11.5 Å². The van der Waals surface area contributed by atoms with Crippen molar-refractivity contribution in [2.45, 2.75) is 0 Å². The van der Waals surface area contributed by atoms with Gasteiger partial charge in [-0.2, -0.15) is 0 Å². The van der Waals surface area contributed by atoms with Crippen LogP contribution in [0.1, 0.15) is 0 Å². The average molecular weight is 243 g/mol. The van der Waals surface area contributed by atoms with Crippen molar-refractivity contribution in [3.05, 3.63) is 35.1 Å². The molecule has 0 saturated carbocycles.